The predicted octanol–water partition coefficient (Wildman–Crippen LogP) is 3.51. The molecule has 0 atom stereocenters. The van der Waals surface area contributed by atoms with Gasteiger partial charge >= 0.3 is 0 Å². The van der Waals surface area contributed by atoms with Gasteiger partial charge in [0.2, 0.25) is 0 Å². The normalized spacial score (nSPS) is 10.2. The second-order valence-corrected chi connectivity index (χ2v) is 5.91. The molecule has 0 aliphatic heterocycles. The molecular formula is C23H19N3O2. The van der Waals surface area contributed by atoms with Gasteiger partial charge in [-0.05, 0) is 35.4 Å². The molecule has 3 heterocycles. The number of aromatic nitrogens is 3. The standard InChI is InChI=1S/C23H19N3O2/c1-3-12-27-16-18-8-10-20(24-14-18)22-6-5-7-23(26-22)21-11-9-19(15-25-21)17-28-13-4-2/h1-2,5-11,14-15H,12-13,16-17H2. The van der Waals surface area contributed by atoms with Gasteiger partial charge in [-0.15, -0.1) is 12.8 Å². The van der Waals surface area contributed by atoms with Crippen molar-refractivity contribution in [3.63, 3.8) is 0 Å². The van der Waals surface area contributed by atoms with E-state index in [1.165, 1.54) is 0 Å². The third kappa shape index (κ3) is 5.25. The van der Waals surface area contributed by atoms with Gasteiger partial charge in [0.25, 0.3) is 0 Å². The van der Waals surface area contributed by atoms with Gasteiger partial charge in [-0.2, -0.15) is 0 Å². The van der Waals surface area contributed by atoms with Crippen molar-refractivity contribution >= 4 is 0 Å². The summed E-state index contributed by atoms with van der Waals surface area (Å²) in [6.45, 7) is 1.44. The van der Waals surface area contributed by atoms with E-state index in [9.17, 15) is 0 Å². The molecular weight excluding hydrogens is 350 g/mol. The number of terminal acetylenes is 2. The largest absolute Gasteiger partial charge is 0.364 e. The van der Waals surface area contributed by atoms with Crippen molar-refractivity contribution in [1.82, 2.24) is 15.0 Å². The van der Waals surface area contributed by atoms with Crippen molar-refractivity contribution in [2.75, 3.05) is 13.2 Å². The van der Waals surface area contributed by atoms with Gasteiger partial charge in [0.15, 0.2) is 0 Å². The molecule has 5 heteroatoms. The highest BCUT2D eigenvalue weighted by Gasteiger charge is 2.06. The monoisotopic (exact) mass is 369 g/mol. The molecule has 0 bridgehead atoms. The summed E-state index contributed by atoms with van der Waals surface area (Å²) in [4.78, 5) is 13.6. The first kappa shape index (κ1) is 19.3. The highest BCUT2D eigenvalue weighted by molar-refractivity contribution is 5.61. The summed E-state index contributed by atoms with van der Waals surface area (Å²) in [5.41, 5.74) is 5.02. The molecule has 28 heavy (non-hydrogen) atoms. The van der Waals surface area contributed by atoms with Crippen LogP contribution in [0.3, 0.4) is 0 Å². The molecule has 0 aliphatic rings. The summed E-state index contributed by atoms with van der Waals surface area (Å²) in [5.74, 6) is 4.88. The van der Waals surface area contributed by atoms with Crippen LogP contribution in [-0.2, 0) is 22.7 Å². The van der Waals surface area contributed by atoms with Crippen LogP contribution in [-0.4, -0.2) is 28.2 Å². The van der Waals surface area contributed by atoms with Crippen LogP contribution in [0.1, 0.15) is 11.1 Å². The number of rotatable bonds is 8. The van der Waals surface area contributed by atoms with Crippen LogP contribution in [0.25, 0.3) is 22.8 Å². The molecule has 3 aromatic heterocycles. The number of pyridine rings is 3. The predicted molar refractivity (Wildman–Crippen MR) is 108 cm³/mol. The average molecular weight is 369 g/mol. The van der Waals surface area contributed by atoms with E-state index in [0.717, 1.165) is 33.9 Å². The Kier molecular flexibility index (Phi) is 6.87. The summed E-state index contributed by atoms with van der Waals surface area (Å²) in [5, 5.41) is 0. The Labute approximate surface area is 164 Å². The van der Waals surface area contributed by atoms with Crippen molar-refractivity contribution in [2.45, 2.75) is 13.2 Å². The Bertz CT molecular complexity index is 905. The maximum Gasteiger partial charge on any atom is 0.107 e. The topological polar surface area (TPSA) is 57.1 Å². The molecule has 0 amide bonds. The Hall–Kier alpha value is -3.51. The zero-order valence-electron chi connectivity index (χ0n) is 15.3. The Balaban J connectivity index is 1.72. The highest BCUT2D eigenvalue weighted by Crippen LogP contribution is 2.20. The molecule has 0 fully saturated rings. The smallest absolute Gasteiger partial charge is 0.107 e. The number of nitrogens with zero attached hydrogens (tertiary/aromatic N) is 3. The van der Waals surface area contributed by atoms with Gasteiger partial charge in [-0.25, -0.2) is 4.98 Å². The summed E-state index contributed by atoms with van der Waals surface area (Å²) in [7, 11) is 0. The summed E-state index contributed by atoms with van der Waals surface area (Å²) in [6.07, 6.45) is 13.9. The van der Waals surface area contributed by atoms with Crippen LogP contribution < -0.4 is 0 Å². The lowest BCUT2D eigenvalue weighted by Gasteiger charge is -2.06. The zero-order chi connectivity index (χ0) is 19.6. The number of hydrogen-bond acceptors (Lipinski definition) is 5. The highest BCUT2D eigenvalue weighted by atomic mass is 16.5. The molecule has 0 saturated heterocycles. The molecule has 0 aromatic carbocycles. The lowest BCUT2D eigenvalue weighted by atomic mass is 10.1. The molecule has 138 valence electrons. The SMILES string of the molecule is C#CCOCc1ccc(-c2cccc(-c3ccc(COCC#C)cn3)n2)nc1. The molecule has 3 rings (SSSR count). The van der Waals surface area contributed by atoms with E-state index in [-0.39, 0.29) is 13.2 Å². The average Bonchev–Trinajstić information content (AvgIpc) is 2.75. The van der Waals surface area contributed by atoms with Crippen molar-refractivity contribution in [1.29, 1.82) is 0 Å². The maximum absolute atomic E-state index is 5.31. The minimum Gasteiger partial charge on any atom is -0.364 e. The van der Waals surface area contributed by atoms with E-state index in [0.29, 0.717) is 13.2 Å². The molecule has 0 spiro atoms. The molecule has 0 radical (unpaired) electrons. The van der Waals surface area contributed by atoms with E-state index in [1.54, 1.807) is 12.4 Å². The minimum absolute atomic E-state index is 0.285. The first-order chi connectivity index (χ1) is 13.8. The van der Waals surface area contributed by atoms with Gasteiger partial charge in [0, 0.05) is 12.4 Å². The van der Waals surface area contributed by atoms with Gasteiger partial charge in [0.05, 0.1) is 36.0 Å². The third-order valence-corrected chi connectivity index (χ3v) is 3.83. The Morgan fingerprint density at radius 2 is 1.18 bits per heavy atom. The fourth-order valence-electron chi connectivity index (χ4n) is 2.50. The van der Waals surface area contributed by atoms with Crippen molar-refractivity contribution in [2.24, 2.45) is 0 Å². The fraction of sp³-hybridized carbons (Fsp3) is 0.174. The fourth-order valence-corrected chi connectivity index (χ4v) is 2.50. The van der Waals surface area contributed by atoms with E-state index in [4.69, 9.17) is 22.3 Å². The lowest BCUT2D eigenvalue weighted by molar-refractivity contribution is 0.153. The van der Waals surface area contributed by atoms with Crippen LogP contribution in [0.5, 0.6) is 0 Å². The summed E-state index contributed by atoms with van der Waals surface area (Å²) < 4.78 is 10.6. The first-order valence-corrected chi connectivity index (χ1v) is 8.70. The van der Waals surface area contributed by atoms with Gasteiger partial charge in [-0.3, -0.25) is 9.97 Å². The number of hydrogen-bond donors (Lipinski definition) is 0. The van der Waals surface area contributed by atoms with Crippen LogP contribution >= 0.6 is 0 Å². The molecule has 0 unspecified atom stereocenters. The maximum atomic E-state index is 5.31. The van der Waals surface area contributed by atoms with E-state index < -0.39 is 0 Å². The van der Waals surface area contributed by atoms with E-state index in [2.05, 4.69) is 26.8 Å². The molecule has 0 saturated carbocycles. The van der Waals surface area contributed by atoms with Crippen molar-refractivity contribution < 1.29 is 9.47 Å². The van der Waals surface area contributed by atoms with Gasteiger partial charge in [-0.1, -0.05) is 30.0 Å². The minimum atomic E-state index is 0.285. The lowest BCUT2D eigenvalue weighted by Crippen LogP contribution is -1.96. The second kappa shape index (κ2) is 9.99. The summed E-state index contributed by atoms with van der Waals surface area (Å²) in [6, 6.07) is 13.5. The van der Waals surface area contributed by atoms with E-state index in [1.807, 2.05) is 42.5 Å². The molecule has 3 aromatic rings. The third-order valence-electron chi connectivity index (χ3n) is 3.83. The molecule has 0 N–H and O–H groups in total. The Morgan fingerprint density at radius 3 is 1.57 bits per heavy atom. The van der Waals surface area contributed by atoms with Gasteiger partial charge < -0.3 is 9.47 Å². The quantitative estimate of drug-likeness (QED) is 0.449. The van der Waals surface area contributed by atoms with E-state index >= 15 is 0 Å². The van der Waals surface area contributed by atoms with Gasteiger partial charge in [0.1, 0.15) is 13.2 Å². The second-order valence-electron chi connectivity index (χ2n) is 5.91. The summed E-state index contributed by atoms with van der Waals surface area (Å²) >= 11 is 0. The zero-order valence-corrected chi connectivity index (χ0v) is 15.3. The van der Waals surface area contributed by atoms with Crippen LogP contribution in [0.4, 0.5) is 0 Å². The van der Waals surface area contributed by atoms with Crippen molar-refractivity contribution in [3.8, 4) is 47.5 Å². The number of ether oxygens (including phenoxy) is 2. The molecule has 0 aliphatic carbocycles. The first-order valence-electron chi connectivity index (χ1n) is 8.70. The Morgan fingerprint density at radius 1 is 0.679 bits per heavy atom. The van der Waals surface area contributed by atoms with Crippen LogP contribution in [0.15, 0.2) is 54.9 Å². The van der Waals surface area contributed by atoms with Crippen LogP contribution in [0.2, 0.25) is 0 Å². The van der Waals surface area contributed by atoms with Crippen LogP contribution in [0, 0.1) is 24.7 Å². The van der Waals surface area contributed by atoms with Crippen molar-refractivity contribution in [3.05, 3.63) is 66.0 Å². The molecule has 5 nitrogen and oxygen atoms in total.